The number of nitrogens with two attached hydrogens (primary N) is 1. The molecule has 2 rings (SSSR count). The molecule has 2 aliphatic rings. The van der Waals surface area contributed by atoms with Gasteiger partial charge in [-0.1, -0.05) is 0 Å². The number of amides is 1. The van der Waals surface area contributed by atoms with Crippen molar-refractivity contribution in [2.45, 2.75) is 37.3 Å². The highest BCUT2D eigenvalue weighted by atomic mass is 16.5. The summed E-state index contributed by atoms with van der Waals surface area (Å²) in [4.78, 5) is 14.3. The maximum Gasteiger partial charge on any atom is 0.242 e. The maximum atomic E-state index is 12.5. The second-order valence-electron chi connectivity index (χ2n) is 5.35. The second-order valence-corrected chi connectivity index (χ2v) is 5.35. The Morgan fingerprint density at radius 2 is 2.00 bits per heavy atom. The number of rotatable bonds is 4. The van der Waals surface area contributed by atoms with E-state index in [2.05, 4.69) is 0 Å². The van der Waals surface area contributed by atoms with Crippen LogP contribution in [0, 0.1) is 0 Å². The van der Waals surface area contributed by atoms with Crippen LogP contribution >= 0.6 is 0 Å². The molecule has 2 saturated heterocycles. The molecule has 3 N–H and O–H groups in total. The highest BCUT2D eigenvalue weighted by molar-refractivity contribution is 5.86. The van der Waals surface area contributed by atoms with Crippen molar-refractivity contribution in [1.29, 1.82) is 0 Å². The molecule has 1 amide bonds. The number of carbonyl (C=O) groups is 1. The zero-order valence-corrected chi connectivity index (χ0v) is 11.3. The van der Waals surface area contributed by atoms with Crippen molar-refractivity contribution < 1.29 is 19.4 Å². The molecular formula is C13H24N2O4. The van der Waals surface area contributed by atoms with Crippen molar-refractivity contribution in [2.75, 3.05) is 39.5 Å². The van der Waals surface area contributed by atoms with Crippen molar-refractivity contribution in [2.24, 2.45) is 5.73 Å². The number of ether oxygens (including phenoxy) is 2. The topological polar surface area (TPSA) is 85.0 Å². The minimum Gasteiger partial charge on any atom is -0.394 e. The molecule has 0 aromatic carbocycles. The van der Waals surface area contributed by atoms with Crippen LogP contribution in [0.4, 0.5) is 0 Å². The van der Waals surface area contributed by atoms with E-state index in [1.807, 2.05) is 4.90 Å². The summed E-state index contributed by atoms with van der Waals surface area (Å²) < 4.78 is 10.8. The predicted octanol–water partition coefficient (Wildman–Crippen LogP) is -0.506. The molecule has 0 bridgehead atoms. The predicted molar refractivity (Wildman–Crippen MR) is 69.6 cm³/mol. The Morgan fingerprint density at radius 3 is 2.58 bits per heavy atom. The molecule has 6 heteroatoms. The van der Waals surface area contributed by atoms with Crippen LogP contribution in [0.2, 0.25) is 0 Å². The molecule has 0 spiro atoms. The van der Waals surface area contributed by atoms with Crippen LogP contribution in [0.25, 0.3) is 0 Å². The van der Waals surface area contributed by atoms with Gasteiger partial charge >= 0.3 is 0 Å². The summed E-state index contributed by atoms with van der Waals surface area (Å²) >= 11 is 0. The molecule has 19 heavy (non-hydrogen) atoms. The molecule has 110 valence electrons. The maximum absolute atomic E-state index is 12.5. The van der Waals surface area contributed by atoms with E-state index in [0.29, 0.717) is 45.8 Å². The fourth-order valence-electron chi connectivity index (χ4n) is 2.71. The zero-order chi connectivity index (χ0) is 13.7. The molecule has 0 atom stereocenters. The SMILES string of the molecule is NC1(C(=O)N2CCC(OCCO)CC2)CCOCC1. The highest BCUT2D eigenvalue weighted by Crippen LogP contribution is 2.23. The van der Waals surface area contributed by atoms with Crippen LogP contribution in [-0.4, -0.2) is 67.1 Å². The summed E-state index contributed by atoms with van der Waals surface area (Å²) in [5.74, 6) is 0.0522. The number of aliphatic hydroxyl groups excluding tert-OH is 1. The third-order valence-electron chi connectivity index (χ3n) is 3.98. The summed E-state index contributed by atoms with van der Waals surface area (Å²) in [5.41, 5.74) is 5.47. The number of carbonyl (C=O) groups excluding carboxylic acids is 1. The van der Waals surface area contributed by atoms with E-state index < -0.39 is 5.54 Å². The lowest BCUT2D eigenvalue weighted by atomic mass is 9.89. The van der Waals surface area contributed by atoms with Gasteiger partial charge in [0.1, 0.15) is 0 Å². The second kappa shape index (κ2) is 6.65. The lowest BCUT2D eigenvalue weighted by molar-refractivity contribution is -0.143. The van der Waals surface area contributed by atoms with Gasteiger partial charge in [0.2, 0.25) is 5.91 Å². The first-order chi connectivity index (χ1) is 9.15. The monoisotopic (exact) mass is 272 g/mol. The van der Waals surface area contributed by atoms with Crippen LogP contribution in [0.1, 0.15) is 25.7 Å². The number of likely N-dealkylation sites (tertiary alicyclic amines) is 1. The largest absolute Gasteiger partial charge is 0.394 e. The Kier molecular flexibility index (Phi) is 5.15. The van der Waals surface area contributed by atoms with Crippen LogP contribution in [0.15, 0.2) is 0 Å². The van der Waals surface area contributed by atoms with Crippen molar-refractivity contribution >= 4 is 5.91 Å². The summed E-state index contributed by atoms with van der Waals surface area (Å²) in [6.45, 7) is 2.93. The molecule has 0 aliphatic carbocycles. The normalized spacial score (nSPS) is 24.4. The van der Waals surface area contributed by atoms with Crippen LogP contribution < -0.4 is 5.73 Å². The van der Waals surface area contributed by atoms with Crippen molar-refractivity contribution in [3.63, 3.8) is 0 Å². The average molecular weight is 272 g/mol. The molecule has 0 unspecified atom stereocenters. The smallest absolute Gasteiger partial charge is 0.242 e. The minimum atomic E-state index is -0.739. The van der Waals surface area contributed by atoms with E-state index in [4.69, 9.17) is 20.3 Å². The molecule has 2 aliphatic heterocycles. The first-order valence-electron chi connectivity index (χ1n) is 7.04. The summed E-state index contributed by atoms with van der Waals surface area (Å²) in [6.07, 6.45) is 3.00. The third kappa shape index (κ3) is 3.66. The van der Waals surface area contributed by atoms with E-state index in [0.717, 1.165) is 12.8 Å². The molecule has 2 heterocycles. The van der Waals surface area contributed by atoms with Crippen molar-refractivity contribution in [3.05, 3.63) is 0 Å². The third-order valence-corrected chi connectivity index (χ3v) is 3.98. The molecule has 0 aromatic heterocycles. The van der Waals surface area contributed by atoms with E-state index >= 15 is 0 Å². The number of aliphatic hydroxyl groups is 1. The van der Waals surface area contributed by atoms with Gasteiger partial charge in [-0.2, -0.15) is 0 Å². The van der Waals surface area contributed by atoms with Crippen molar-refractivity contribution in [1.82, 2.24) is 4.90 Å². The Hall–Kier alpha value is -0.690. The first-order valence-corrected chi connectivity index (χ1v) is 7.04. The van der Waals surface area contributed by atoms with Crippen LogP contribution in [0.5, 0.6) is 0 Å². The molecular weight excluding hydrogens is 248 g/mol. The van der Waals surface area contributed by atoms with Crippen LogP contribution in [-0.2, 0) is 14.3 Å². The van der Waals surface area contributed by atoms with Gasteiger partial charge in [-0.05, 0) is 25.7 Å². The Bertz CT molecular complexity index is 297. The Labute approximate surface area is 113 Å². The summed E-state index contributed by atoms with van der Waals surface area (Å²) in [6, 6.07) is 0. The zero-order valence-electron chi connectivity index (χ0n) is 11.3. The fraction of sp³-hybridized carbons (Fsp3) is 0.923. The fourth-order valence-corrected chi connectivity index (χ4v) is 2.71. The quantitative estimate of drug-likeness (QED) is 0.720. The van der Waals surface area contributed by atoms with Gasteiger partial charge in [-0.25, -0.2) is 0 Å². The number of hydrogen-bond acceptors (Lipinski definition) is 5. The number of piperidine rings is 1. The summed E-state index contributed by atoms with van der Waals surface area (Å²) in [7, 11) is 0. The van der Waals surface area contributed by atoms with Gasteiger partial charge in [0.15, 0.2) is 0 Å². The number of hydrogen-bond donors (Lipinski definition) is 2. The lowest BCUT2D eigenvalue weighted by Crippen LogP contribution is -2.59. The van der Waals surface area contributed by atoms with E-state index in [1.54, 1.807) is 0 Å². The van der Waals surface area contributed by atoms with Crippen molar-refractivity contribution in [3.8, 4) is 0 Å². The Morgan fingerprint density at radius 1 is 1.37 bits per heavy atom. The first kappa shape index (κ1) is 14.7. The van der Waals surface area contributed by atoms with Gasteiger partial charge in [-0.15, -0.1) is 0 Å². The van der Waals surface area contributed by atoms with Gasteiger partial charge in [-0.3, -0.25) is 4.79 Å². The Balaban J connectivity index is 1.81. The number of nitrogens with zero attached hydrogens (tertiary/aromatic N) is 1. The minimum absolute atomic E-state index is 0.0467. The molecule has 0 saturated carbocycles. The molecule has 0 radical (unpaired) electrons. The van der Waals surface area contributed by atoms with Crippen LogP contribution in [0.3, 0.4) is 0 Å². The average Bonchev–Trinajstić information content (AvgIpc) is 2.46. The van der Waals surface area contributed by atoms with Gasteiger partial charge in [0, 0.05) is 26.3 Å². The van der Waals surface area contributed by atoms with E-state index in [1.165, 1.54) is 0 Å². The lowest BCUT2D eigenvalue weighted by Gasteiger charge is -2.39. The standard InChI is InChI=1S/C13H24N2O4/c14-13(3-8-18-9-4-13)12(17)15-5-1-11(2-6-15)19-10-7-16/h11,16H,1-10,14H2. The van der Waals surface area contributed by atoms with Gasteiger partial charge < -0.3 is 25.2 Å². The van der Waals surface area contributed by atoms with Gasteiger partial charge in [0.05, 0.1) is 24.9 Å². The summed E-state index contributed by atoms with van der Waals surface area (Å²) in [5, 5.41) is 8.72. The van der Waals surface area contributed by atoms with Gasteiger partial charge in [0.25, 0.3) is 0 Å². The molecule has 2 fully saturated rings. The molecule has 6 nitrogen and oxygen atoms in total. The van der Waals surface area contributed by atoms with E-state index in [-0.39, 0.29) is 18.6 Å². The van der Waals surface area contributed by atoms with E-state index in [9.17, 15) is 4.79 Å². The highest BCUT2D eigenvalue weighted by Gasteiger charge is 2.39. The molecule has 0 aromatic rings.